The predicted octanol–water partition coefficient (Wildman–Crippen LogP) is 7.51. The molecule has 0 aliphatic heterocycles. The van der Waals surface area contributed by atoms with Gasteiger partial charge in [-0.3, -0.25) is 0 Å². The number of hydrogen-bond acceptors (Lipinski definition) is 1. The van der Waals surface area contributed by atoms with E-state index in [-0.39, 0.29) is 11.3 Å². The van der Waals surface area contributed by atoms with Crippen molar-refractivity contribution in [1.29, 1.82) is 0 Å². The van der Waals surface area contributed by atoms with E-state index in [1.165, 1.54) is 17.5 Å². The fraction of sp³-hybridized carbons (Fsp3) is 0.571. The highest BCUT2D eigenvalue weighted by Gasteiger charge is 2.57. The minimum atomic E-state index is -0.606. The maximum atomic E-state index is 12.1. The monoisotopic (exact) mass is 390 g/mol. The van der Waals surface area contributed by atoms with Gasteiger partial charge in [-0.1, -0.05) is 94.5 Å². The van der Waals surface area contributed by atoms with Gasteiger partial charge in [0.05, 0.1) is 5.60 Å². The summed E-state index contributed by atoms with van der Waals surface area (Å²) in [7, 11) is 0. The number of aliphatic hydroxyl groups is 1. The highest BCUT2D eigenvalue weighted by molar-refractivity contribution is 5.72. The van der Waals surface area contributed by atoms with Gasteiger partial charge in [-0.05, 0) is 60.8 Å². The standard InChI is InChI=1S/C28H38O/c1-5-21-22(6-2)24(8-4)28(23(21)7-3)25-15-11-10-14-20(25)16-17-26(28)27(29)18-12-9-13-19-27/h10-11,14-17,26,29H,5-9,12-13,18-19H2,1-4H3. The van der Waals surface area contributed by atoms with E-state index in [0.29, 0.717) is 0 Å². The van der Waals surface area contributed by atoms with Crippen LogP contribution in [0, 0.1) is 5.92 Å². The van der Waals surface area contributed by atoms with Gasteiger partial charge in [-0.25, -0.2) is 0 Å². The second-order valence-electron chi connectivity index (χ2n) is 9.22. The molecule has 1 aromatic carbocycles. The molecule has 1 heteroatoms. The fourth-order valence-corrected chi connectivity index (χ4v) is 7.13. The summed E-state index contributed by atoms with van der Waals surface area (Å²) in [5.41, 5.74) is 8.37. The van der Waals surface area contributed by atoms with E-state index >= 15 is 0 Å². The average molecular weight is 391 g/mol. The molecular formula is C28H38O. The Morgan fingerprint density at radius 1 is 0.828 bits per heavy atom. The summed E-state index contributed by atoms with van der Waals surface area (Å²) in [6.07, 6.45) is 14.4. The highest BCUT2D eigenvalue weighted by Crippen LogP contribution is 2.62. The number of hydrogen-bond donors (Lipinski definition) is 1. The van der Waals surface area contributed by atoms with E-state index in [9.17, 15) is 5.11 Å². The molecule has 156 valence electrons. The van der Waals surface area contributed by atoms with E-state index in [4.69, 9.17) is 0 Å². The molecule has 1 unspecified atom stereocenters. The Bertz CT molecular complexity index is 832. The summed E-state index contributed by atoms with van der Waals surface area (Å²) in [5.74, 6) is 0.140. The van der Waals surface area contributed by atoms with Crippen molar-refractivity contribution >= 4 is 6.08 Å². The summed E-state index contributed by atoms with van der Waals surface area (Å²) in [6, 6.07) is 8.99. The van der Waals surface area contributed by atoms with Gasteiger partial charge in [0.1, 0.15) is 0 Å². The molecule has 1 aromatic rings. The molecule has 0 heterocycles. The van der Waals surface area contributed by atoms with Gasteiger partial charge in [-0.2, -0.15) is 0 Å². The lowest BCUT2D eigenvalue weighted by Crippen LogP contribution is -2.52. The van der Waals surface area contributed by atoms with Crippen molar-refractivity contribution in [2.24, 2.45) is 5.92 Å². The molecule has 1 nitrogen and oxygen atoms in total. The van der Waals surface area contributed by atoms with E-state index in [1.807, 2.05) is 0 Å². The predicted molar refractivity (Wildman–Crippen MR) is 124 cm³/mol. The fourth-order valence-electron chi connectivity index (χ4n) is 7.13. The summed E-state index contributed by atoms with van der Waals surface area (Å²) >= 11 is 0. The average Bonchev–Trinajstić information content (AvgIpc) is 3.03. The minimum absolute atomic E-state index is 0.140. The molecule has 4 rings (SSSR count). The van der Waals surface area contributed by atoms with Crippen molar-refractivity contribution in [3.8, 4) is 0 Å². The minimum Gasteiger partial charge on any atom is -0.389 e. The van der Waals surface area contributed by atoms with Crippen molar-refractivity contribution in [2.45, 2.75) is 96.5 Å². The molecule has 1 fully saturated rings. The van der Waals surface area contributed by atoms with Crippen LogP contribution in [0.3, 0.4) is 0 Å². The van der Waals surface area contributed by atoms with Crippen molar-refractivity contribution in [3.63, 3.8) is 0 Å². The van der Waals surface area contributed by atoms with Crippen LogP contribution in [0.15, 0.2) is 52.6 Å². The van der Waals surface area contributed by atoms with Gasteiger partial charge < -0.3 is 5.11 Å². The number of benzene rings is 1. The number of allylic oxidation sites excluding steroid dienone is 4. The Hall–Kier alpha value is -1.60. The lowest BCUT2D eigenvalue weighted by Gasteiger charge is -2.52. The molecule has 0 bridgehead atoms. The second-order valence-corrected chi connectivity index (χ2v) is 9.22. The largest absolute Gasteiger partial charge is 0.389 e. The van der Waals surface area contributed by atoms with E-state index in [0.717, 1.165) is 51.4 Å². The summed E-state index contributed by atoms with van der Waals surface area (Å²) in [4.78, 5) is 0. The third kappa shape index (κ3) is 2.84. The van der Waals surface area contributed by atoms with Gasteiger partial charge in [0.15, 0.2) is 0 Å². The molecule has 1 saturated carbocycles. The van der Waals surface area contributed by atoms with E-state index < -0.39 is 5.60 Å². The van der Waals surface area contributed by atoms with Crippen LogP contribution >= 0.6 is 0 Å². The van der Waals surface area contributed by atoms with Crippen molar-refractivity contribution < 1.29 is 5.11 Å². The Morgan fingerprint density at radius 2 is 1.41 bits per heavy atom. The van der Waals surface area contributed by atoms with Crippen LogP contribution in [0.4, 0.5) is 0 Å². The van der Waals surface area contributed by atoms with Crippen LogP contribution < -0.4 is 0 Å². The van der Waals surface area contributed by atoms with Gasteiger partial charge in [0.2, 0.25) is 0 Å². The smallest absolute Gasteiger partial charge is 0.0725 e. The van der Waals surface area contributed by atoms with Gasteiger partial charge in [-0.15, -0.1) is 0 Å². The highest BCUT2D eigenvalue weighted by atomic mass is 16.3. The molecule has 1 N–H and O–H groups in total. The first-order valence-corrected chi connectivity index (χ1v) is 12.0. The lowest BCUT2D eigenvalue weighted by atomic mass is 9.52. The van der Waals surface area contributed by atoms with Crippen LogP contribution in [0.1, 0.15) is 96.6 Å². The summed E-state index contributed by atoms with van der Waals surface area (Å²) in [6.45, 7) is 9.31. The van der Waals surface area contributed by atoms with Gasteiger partial charge in [0.25, 0.3) is 0 Å². The molecule has 0 saturated heterocycles. The van der Waals surface area contributed by atoms with Crippen LogP contribution in [0.5, 0.6) is 0 Å². The lowest BCUT2D eigenvalue weighted by molar-refractivity contribution is -0.0497. The maximum absolute atomic E-state index is 12.1. The normalized spacial score (nSPS) is 25.1. The van der Waals surface area contributed by atoms with Crippen LogP contribution in [0.25, 0.3) is 6.08 Å². The SMILES string of the molecule is CCC1=C(CC)C2(C(CC)=C1CC)c1ccccc1C=CC2C1(O)CCCCC1. The summed E-state index contributed by atoms with van der Waals surface area (Å²) in [5, 5.41) is 12.1. The summed E-state index contributed by atoms with van der Waals surface area (Å²) < 4.78 is 0. The second kappa shape index (κ2) is 7.91. The topological polar surface area (TPSA) is 20.2 Å². The Morgan fingerprint density at radius 3 is 1.97 bits per heavy atom. The zero-order valence-corrected chi connectivity index (χ0v) is 18.9. The molecular weight excluding hydrogens is 352 g/mol. The first-order chi connectivity index (χ1) is 14.1. The Balaban J connectivity index is 2.07. The van der Waals surface area contributed by atoms with E-state index in [2.05, 4.69) is 64.1 Å². The van der Waals surface area contributed by atoms with Crippen molar-refractivity contribution in [3.05, 3.63) is 63.8 Å². The molecule has 3 aliphatic carbocycles. The number of fused-ring (bicyclic) bond motifs is 2. The zero-order chi connectivity index (χ0) is 20.6. The maximum Gasteiger partial charge on any atom is 0.0725 e. The van der Waals surface area contributed by atoms with Gasteiger partial charge in [0, 0.05) is 11.3 Å². The molecule has 1 spiro atoms. The first-order valence-electron chi connectivity index (χ1n) is 12.0. The van der Waals surface area contributed by atoms with Gasteiger partial charge >= 0.3 is 0 Å². The number of rotatable bonds is 5. The van der Waals surface area contributed by atoms with E-state index in [1.54, 1.807) is 22.3 Å². The third-order valence-electron chi connectivity index (χ3n) is 8.08. The van der Waals surface area contributed by atoms with Crippen molar-refractivity contribution in [2.75, 3.05) is 0 Å². The molecule has 0 aromatic heterocycles. The zero-order valence-electron chi connectivity index (χ0n) is 18.9. The van der Waals surface area contributed by atoms with Crippen molar-refractivity contribution in [1.82, 2.24) is 0 Å². The quantitative estimate of drug-likeness (QED) is 0.551. The first kappa shape index (κ1) is 20.7. The Kier molecular flexibility index (Phi) is 5.64. The molecule has 3 aliphatic rings. The van der Waals surface area contributed by atoms with Crippen LogP contribution in [-0.4, -0.2) is 10.7 Å². The molecule has 29 heavy (non-hydrogen) atoms. The Labute approximate surface area is 177 Å². The molecule has 0 amide bonds. The molecule has 0 radical (unpaired) electrons. The molecule has 1 atom stereocenters. The third-order valence-corrected chi connectivity index (χ3v) is 8.08. The van der Waals surface area contributed by atoms with Crippen LogP contribution in [0.2, 0.25) is 0 Å². The van der Waals surface area contributed by atoms with Crippen LogP contribution in [-0.2, 0) is 5.41 Å².